The number of thiophene rings is 1. The Morgan fingerprint density at radius 3 is 2.88 bits per heavy atom. The van der Waals surface area contributed by atoms with Crippen LogP contribution in [0.2, 0.25) is 0 Å². The van der Waals surface area contributed by atoms with E-state index in [1.807, 2.05) is 29.6 Å². The second kappa shape index (κ2) is 10.5. The molecule has 2 heterocycles. The number of nitrogens with one attached hydrogen (secondary N) is 3. The molecule has 25 heavy (non-hydrogen) atoms. The number of hydrogen-bond donors (Lipinski definition) is 3. The third-order valence-corrected chi connectivity index (χ3v) is 4.65. The van der Waals surface area contributed by atoms with E-state index in [1.165, 1.54) is 0 Å². The van der Waals surface area contributed by atoms with Gasteiger partial charge in [0.15, 0.2) is 0 Å². The normalized spacial score (nSPS) is 12.3. The van der Waals surface area contributed by atoms with E-state index < -0.39 is 0 Å². The molecule has 8 heteroatoms. The molecule has 1 aromatic carbocycles. The molecular formula is C17H24Cl2N4OS. The van der Waals surface area contributed by atoms with Gasteiger partial charge >= 0.3 is 0 Å². The Bertz CT molecular complexity index is 667. The Morgan fingerprint density at radius 2 is 2.16 bits per heavy atom. The van der Waals surface area contributed by atoms with Crippen molar-refractivity contribution in [3.05, 3.63) is 40.6 Å². The molecule has 0 fully saturated rings. The van der Waals surface area contributed by atoms with Crippen molar-refractivity contribution in [3.63, 3.8) is 0 Å². The molecule has 0 bridgehead atoms. The van der Waals surface area contributed by atoms with Crippen molar-refractivity contribution in [2.75, 3.05) is 43.0 Å². The maximum absolute atomic E-state index is 8.12. The van der Waals surface area contributed by atoms with Crippen LogP contribution in [-0.4, -0.2) is 38.6 Å². The summed E-state index contributed by atoms with van der Waals surface area (Å²) in [5.74, 6) is 1.30. The lowest BCUT2D eigenvalue weighted by molar-refractivity contribution is 0.307. The van der Waals surface area contributed by atoms with E-state index in [1.54, 1.807) is 11.3 Å². The maximum atomic E-state index is 8.12. The van der Waals surface area contributed by atoms with E-state index in [0.717, 1.165) is 48.2 Å². The summed E-state index contributed by atoms with van der Waals surface area (Å²) < 4.78 is 5.80. The Kier molecular flexibility index (Phi) is 9.06. The molecule has 1 aliphatic rings. The van der Waals surface area contributed by atoms with Crippen LogP contribution in [0.15, 0.2) is 35.7 Å². The van der Waals surface area contributed by atoms with Crippen molar-refractivity contribution in [2.45, 2.75) is 6.92 Å². The minimum absolute atomic E-state index is 0. The fraction of sp³-hybridized carbons (Fsp3) is 0.353. The predicted octanol–water partition coefficient (Wildman–Crippen LogP) is 3.84. The number of likely N-dealkylation sites (N-methyl/N-ethyl adjacent to an activating group) is 1. The highest BCUT2D eigenvalue weighted by atomic mass is 35.5. The largest absolute Gasteiger partial charge is 0.489 e. The van der Waals surface area contributed by atoms with Gasteiger partial charge < -0.3 is 20.3 Å². The molecule has 0 atom stereocenters. The van der Waals surface area contributed by atoms with Gasteiger partial charge in [-0.15, -0.1) is 36.2 Å². The van der Waals surface area contributed by atoms with Gasteiger partial charge in [0.1, 0.15) is 18.2 Å². The lowest BCUT2D eigenvalue weighted by atomic mass is 10.2. The molecule has 0 radical (unpaired) electrons. The zero-order valence-corrected chi connectivity index (χ0v) is 16.5. The van der Waals surface area contributed by atoms with Gasteiger partial charge in [-0.3, -0.25) is 5.41 Å². The van der Waals surface area contributed by atoms with E-state index in [0.29, 0.717) is 12.4 Å². The zero-order chi connectivity index (χ0) is 16.1. The first kappa shape index (κ1) is 21.6. The molecule has 1 aromatic heterocycles. The summed E-state index contributed by atoms with van der Waals surface area (Å²) in [5, 5.41) is 16.6. The summed E-state index contributed by atoms with van der Waals surface area (Å²) in [6.45, 7) is 6.67. The van der Waals surface area contributed by atoms with Crippen molar-refractivity contribution >= 4 is 53.4 Å². The highest BCUT2D eigenvalue weighted by Crippen LogP contribution is 2.34. The molecule has 5 nitrogen and oxygen atoms in total. The molecule has 0 saturated heterocycles. The molecule has 1 aliphatic heterocycles. The van der Waals surface area contributed by atoms with Crippen molar-refractivity contribution in [3.8, 4) is 5.75 Å². The lowest BCUT2D eigenvalue weighted by Gasteiger charge is -2.31. The van der Waals surface area contributed by atoms with Crippen molar-refractivity contribution in [1.82, 2.24) is 5.32 Å². The second-order valence-corrected chi connectivity index (χ2v) is 6.30. The van der Waals surface area contributed by atoms with E-state index in [2.05, 4.69) is 28.5 Å². The number of amidine groups is 1. The maximum Gasteiger partial charge on any atom is 0.144 e. The van der Waals surface area contributed by atoms with Crippen molar-refractivity contribution in [2.24, 2.45) is 0 Å². The van der Waals surface area contributed by atoms with E-state index in [4.69, 9.17) is 10.1 Å². The van der Waals surface area contributed by atoms with Crippen molar-refractivity contribution < 1.29 is 4.74 Å². The van der Waals surface area contributed by atoms with Crippen LogP contribution in [0.5, 0.6) is 5.75 Å². The van der Waals surface area contributed by atoms with Crippen LogP contribution in [0.25, 0.3) is 0 Å². The Balaban J connectivity index is 0.00000156. The van der Waals surface area contributed by atoms with Crippen LogP contribution in [0, 0.1) is 5.41 Å². The Labute approximate surface area is 165 Å². The quantitative estimate of drug-likeness (QED) is 0.390. The number of anilines is 2. The first-order valence-electron chi connectivity index (χ1n) is 7.90. The Morgan fingerprint density at radius 1 is 1.32 bits per heavy atom. The van der Waals surface area contributed by atoms with Gasteiger partial charge in [-0.1, -0.05) is 13.0 Å². The molecular weight excluding hydrogens is 379 g/mol. The SMILES string of the molecule is CCNCCN1CCOc2cc(NC(=N)c3cccs3)ccc21.Cl.Cl. The van der Waals surface area contributed by atoms with Crippen LogP contribution < -0.4 is 20.3 Å². The molecule has 0 amide bonds. The highest BCUT2D eigenvalue weighted by Gasteiger charge is 2.18. The third-order valence-electron chi connectivity index (χ3n) is 3.76. The topological polar surface area (TPSA) is 60.4 Å². The van der Waals surface area contributed by atoms with Gasteiger partial charge in [-0.05, 0) is 30.1 Å². The summed E-state index contributed by atoms with van der Waals surface area (Å²) in [6, 6.07) is 9.96. The monoisotopic (exact) mass is 402 g/mol. The van der Waals surface area contributed by atoms with Crippen LogP contribution in [-0.2, 0) is 0 Å². The van der Waals surface area contributed by atoms with Crippen LogP contribution >= 0.6 is 36.2 Å². The van der Waals surface area contributed by atoms with Crippen molar-refractivity contribution in [1.29, 1.82) is 5.41 Å². The van der Waals surface area contributed by atoms with Crippen LogP contribution in [0.4, 0.5) is 11.4 Å². The second-order valence-electron chi connectivity index (χ2n) is 5.35. The van der Waals surface area contributed by atoms with E-state index in [-0.39, 0.29) is 24.8 Å². The summed E-state index contributed by atoms with van der Waals surface area (Å²) in [5.41, 5.74) is 2.01. The minimum atomic E-state index is 0. The fourth-order valence-electron chi connectivity index (χ4n) is 2.60. The summed E-state index contributed by atoms with van der Waals surface area (Å²) in [7, 11) is 0. The number of benzene rings is 1. The van der Waals surface area contributed by atoms with Gasteiger partial charge in [0.25, 0.3) is 0 Å². The standard InChI is InChI=1S/C17H22N4OS.2ClH/c1-2-19-7-8-21-9-10-22-15-12-13(5-6-14(15)21)20-17(18)16-4-3-11-23-16;;/h3-6,11-12,19H,2,7-10H2,1H3,(H2,18,20);2*1H. The van der Waals surface area contributed by atoms with Gasteiger partial charge in [0, 0.05) is 24.8 Å². The van der Waals surface area contributed by atoms with Crippen LogP contribution in [0.3, 0.4) is 0 Å². The van der Waals surface area contributed by atoms with E-state index >= 15 is 0 Å². The fourth-order valence-corrected chi connectivity index (χ4v) is 3.23. The average molecular weight is 403 g/mol. The number of fused-ring (bicyclic) bond motifs is 1. The average Bonchev–Trinajstić information content (AvgIpc) is 3.09. The zero-order valence-electron chi connectivity index (χ0n) is 14.1. The van der Waals surface area contributed by atoms with Gasteiger partial charge in [-0.25, -0.2) is 0 Å². The van der Waals surface area contributed by atoms with Gasteiger partial charge in [0.05, 0.1) is 17.1 Å². The van der Waals surface area contributed by atoms with Crippen LogP contribution in [0.1, 0.15) is 11.8 Å². The number of halogens is 2. The Hall–Kier alpha value is -1.47. The molecule has 3 rings (SSSR count). The molecule has 0 aliphatic carbocycles. The number of ether oxygens (including phenoxy) is 1. The summed E-state index contributed by atoms with van der Waals surface area (Å²) in [4.78, 5) is 3.27. The van der Waals surface area contributed by atoms with Gasteiger partial charge in [-0.2, -0.15) is 0 Å². The number of hydrogen-bond acceptors (Lipinski definition) is 5. The molecule has 0 saturated carbocycles. The lowest BCUT2D eigenvalue weighted by Crippen LogP contribution is -2.37. The minimum Gasteiger partial charge on any atom is -0.489 e. The first-order valence-corrected chi connectivity index (χ1v) is 8.78. The molecule has 2 aromatic rings. The predicted molar refractivity (Wildman–Crippen MR) is 112 cm³/mol. The number of nitrogens with zero attached hydrogens (tertiary/aromatic N) is 1. The molecule has 3 N–H and O–H groups in total. The molecule has 138 valence electrons. The van der Waals surface area contributed by atoms with Gasteiger partial charge in [0.2, 0.25) is 0 Å². The molecule has 0 spiro atoms. The summed E-state index contributed by atoms with van der Waals surface area (Å²) in [6.07, 6.45) is 0. The number of rotatable bonds is 6. The first-order chi connectivity index (χ1) is 11.3. The van der Waals surface area contributed by atoms with E-state index in [9.17, 15) is 0 Å². The smallest absolute Gasteiger partial charge is 0.144 e. The molecule has 0 unspecified atom stereocenters. The summed E-state index contributed by atoms with van der Waals surface area (Å²) >= 11 is 1.56. The highest BCUT2D eigenvalue weighted by molar-refractivity contribution is 7.12. The third kappa shape index (κ3) is 5.51.